The van der Waals surface area contributed by atoms with Crippen LogP contribution < -0.4 is 5.32 Å². The van der Waals surface area contributed by atoms with Crippen LogP contribution in [0.2, 0.25) is 0 Å². The van der Waals surface area contributed by atoms with Crippen molar-refractivity contribution in [2.75, 3.05) is 6.54 Å². The number of rotatable bonds is 1. The molecule has 0 aliphatic carbocycles. The number of aryl methyl sites for hydroxylation is 2. The minimum Gasteiger partial charge on any atom is -0.357 e. The first-order valence-electron chi connectivity index (χ1n) is 7.50. The lowest BCUT2D eigenvalue weighted by Crippen LogP contribution is -2.31. The zero-order valence-corrected chi connectivity index (χ0v) is 12.4. The summed E-state index contributed by atoms with van der Waals surface area (Å²) in [6.45, 7) is 5.28. The van der Waals surface area contributed by atoms with Gasteiger partial charge in [-0.25, -0.2) is 0 Å². The van der Waals surface area contributed by atoms with E-state index in [9.17, 15) is 0 Å². The van der Waals surface area contributed by atoms with E-state index in [1.807, 2.05) is 12.3 Å². The molecule has 3 heterocycles. The second-order valence-electron chi connectivity index (χ2n) is 5.91. The Morgan fingerprint density at radius 2 is 2.10 bits per heavy atom. The summed E-state index contributed by atoms with van der Waals surface area (Å²) in [6, 6.07) is 10.9. The van der Waals surface area contributed by atoms with Gasteiger partial charge >= 0.3 is 0 Å². The standard InChI is InChI=1S/C18H19N3/c1-11-5-6-15-14(10-11)13-7-9-20-18(17(13)21-15)16-12(2)4-3-8-19-16/h3-6,8,10,18,20-21H,7,9H2,1-2H3. The largest absolute Gasteiger partial charge is 0.357 e. The molecule has 0 radical (unpaired) electrons. The van der Waals surface area contributed by atoms with Gasteiger partial charge in [-0.15, -0.1) is 0 Å². The summed E-state index contributed by atoms with van der Waals surface area (Å²) in [5.74, 6) is 0. The molecule has 106 valence electrons. The monoisotopic (exact) mass is 277 g/mol. The molecule has 0 bridgehead atoms. The summed E-state index contributed by atoms with van der Waals surface area (Å²) in [4.78, 5) is 8.22. The van der Waals surface area contributed by atoms with Crippen molar-refractivity contribution in [2.24, 2.45) is 0 Å². The number of hydrogen-bond donors (Lipinski definition) is 2. The summed E-state index contributed by atoms with van der Waals surface area (Å²) in [7, 11) is 0. The van der Waals surface area contributed by atoms with Gasteiger partial charge in [-0.05, 0) is 49.6 Å². The second-order valence-corrected chi connectivity index (χ2v) is 5.91. The Bertz CT molecular complexity index is 816. The average molecular weight is 277 g/mol. The Labute approximate surface area is 124 Å². The number of hydrogen-bond acceptors (Lipinski definition) is 2. The zero-order chi connectivity index (χ0) is 14.4. The van der Waals surface area contributed by atoms with Gasteiger partial charge in [0.25, 0.3) is 0 Å². The molecule has 1 atom stereocenters. The van der Waals surface area contributed by atoms with E-state index in [2.05, 4.69) is 53.4 Å². The quantitative estimate of drug-likeness (QED) is 0.715. The van der Waals surface area contributed by atoms with Gasteiger partial charge < -0.3 is 10.3 Å². The van der Waals surface area contributed by atoms with E-state index in [4.69, 9.17) is 0 Å². The maximum atomic E-state index is 4.61. The van der Waals surface area contributed by atoms with Gasteiger partial charge in [0.15, 0.2) is 0 Å². The Balaban J connectivity index is 1.92. The van der Waals surface area contributed by atoms with Crippen LogP contribution in [0.3, 0.4) is 0 Å². The summed E-state index contributed by atoms with van der Waals surface area (Å²) >= 11 is 0. The number of nitrogens with zero attached hydrogens (tertiary/aromatic N) is 1. The third kappa shape index (κ3) is 1.96. The molecule has 1 aliphatic heterocycles. The van der Waals surface area contributed by atoms with E-state index >= 15 is 0 Å². The molecule has 3 nitrogen and oxygen atoms in total. The van der Waals surface area contributed by atoms with Crippen molar-refractivity contribution in [1.82, 2.24) is 15.3 Å². The molecule has 1 aliphatic rings. The van der Waals surface area contributed by atoms with E-state index in [1.165, 1.54) is 33.3 Å². The van der Waals surface area contributed by atoms with Gasteiger partial charge in [0.2, 0.25) is 0 Å². The summed E-state index contributed by atoms with van der Waals surface area (Å²) < 4.78 is 0. The Morgan fingerprint density at radius 3 is 2.95 bits per heavy atom. The number of pyridine rings is 1. The fourth-order valence-corrected chi connectivity index (χ4v) is 3.38. The molecule has 0 amide bonds. The molecule has 1 unspecified atom stereocenters. The molecule has 0 fully saturated rings. The van der Waals surface area contributed by atoms with Crippen molar-refractivity contribution in [1.29, 1.82) is 0 Å². The minimum atomic E-state index is 0.169. The lowest BCUT2D eigenvalue weighted by Gasteiger charge is -2.25. The molecule has 4 rings (SSSR count). The first-order chi connectivity index (χ1) is 10.2. The van der Waals surface area contributed by atoms with Gasteiger partial charge in [-0.2, -0.15) is 0 Å². The molecule has 2 aromatic heterocycles. The predicted molar refractivity (Wildman–Crippen MR) is 85.6 cm³/mol. The predicted octanol–water partition coefficient (Wildman–Crippen LogP) is 3.41. The highest BCUT2D eigenvalue weighted by Gasteiger charge is 2.26. The molecule has 0 saturated carbocycles. The van der Waals surface area contributed by atoms with Gasteiger partial charge in [0.1, 0.15) is 0 Å². The molecule has 1 aromatic carbocycles. The number of benzene rings is 1. The molecular weight excluding hydrogens is 258 g/mol. The Morgan fingerprint density at radius 1 is 1.19 bits per heavy atom. The van der Waals surface area contributed by atoms with Crippen LogP contribution in [0, 0.1) is 13.8 Å². The van der Waals surface area contributed by atoms with Gasteiger partial charge in [0.05, 0.1) is 11.7 Å². The van der Waals surface area contributed by atoms with Crippen LogP contribution in [0.1, 0.15) is 34.1 Å². The van der Waals surface area contributed by atoms with E-state index < -0.39 is 0 Å². The average Bonchev–Trinajstić information content (AvgIpc) is 2.86. The van der Waals surface area contributed by atoms with E-state index in [0.717, 1.165) is 18.7 Å². The number of fused-ring (bicyclic) bond motifs is 3. The molecule has 0 spiro atoms. The normalized spacial score (nSPS) is 17.9. The van der Waals surface area contributed by atoms with Gasteiger partial charge in [0, 0.05) is 29.3 Å². The van der Waals surface area contributed by atoms with Crippen LogP contribution in [0.25, 0.3) is 10.9 Å². The second kappa shape index (κ2) is 4.71. The highest BCUT2D eigenvalue weighted by atomic mass is 15.0. The van der Waals surface area contributed by atoms with Crippen LogP contribution in [-0.4, -0.2) is 16.5 Å². The van der Waals surface area contributed by atoms with Crippen LogP contribution in [0.5, 0.6) is 0 Å². The summed E-state index contributed by atoms with van der Waals surface area (Å²) in [6.07, 6.45) is 2.95. The molecule has 3 aromatic rings. The van der Waals surface area contributed by atoms with Crippen molar-refractivity contribution < 1.29 is 0 Å². The maximum Gasteiger partial charge on any atom is 0.0908 e. The number of aromatic nitrogens is 2. The third-order valence-corrected chi connectivity index (χ3v) is 4.43. The Hall–Kier alpha value is -2.13. The lowest BCUT2D eigenvalue weighted by molar-refractivity contribution is 0.547. The van der Waals surface area contributed by atoms with Crippen LogP contribution >= 0.6 is 0 Å². The summed E-state index contributed by atoms with van der Waals surface area (Å²) in [5, 5.41) is 4.98. The number of nitrogens with one attached hydrogen (secondary N) is 2. The SMILES string of the molecule is Cc1ccc2[nH]c3c(c2c1)CCNC3c1ncccc1C. The number of H-pyrrole nitrogens is 1. The van der Waals surface area contributed by atoms with Crippen molar-refractivity contribution >= 4 is 10.9 Å². The molecule has 3 heteroatoms. The van der Waals surface area contributed by atoms with E-state index in [-0.39, 0.29) is 6.04 Å². The lowest BCUT2D eigenvalue weighted by atomic mass is 9.95. The van der Waals surface area contributed by atoms with E-state index in [0.29, 0.717) is 0 Å². The fraction of sp³-hybridized carbons (Fsp3) is 0.278. The zero-order valence-electron chi connectivity index (χ0n) is 12.4. The third-order valence-electron chi connectivity index (χ3n) is 4.43. The topological polar surface area (TPSA) is 40.7 Å². The van der Waals surface area contributed by atoms with Crippen LogP contribution in [-0.2, 0) is 6.42 Å². The molecule has 2 N–H and O–H groups in total. The smallest absolute Gasteiger partial charge is 0.0908 e. The van der Waals surface area contributed by atoms with Crippen LogP contribution in [0.4, 0.5) is 0 Å². The van der Waals surface area contributed by atoms with Crippen LogP contribution in [0.15, 0.2) is 36.5 Å². The fourth-order valence-electron chi connectivity index (χ4n) is 3.38. The van der Waals surface area contributed by atoms with Crippen molar-refractivity contribution in [3.8, 4) is 0 Å². The maximum absolute atomic E-state index is 4.61. The molecule has 0 saturated heterocycles. The highest BCUT2D eigenvalue weighted by Crippen LogP contribution is 2.34. The first-order valence-corrected chi connectivity index (χ1v) is 7.50. The van der Waals surface area contributed by atoms with Gasteiger partial charge in [-0.1, -0.05) is 17.7 Å². The summed E-state index contributed by atoms with van der Waals surface area (Å²) in [5.41, 5.74) is 7.63. The Kier molecular flexibility index (Phi) is 2.82. The molecule has 21 heavy (non-hydrogen) atoms. The highest BCUT2D eigenvalue weighted by molar-refractivity contribution is 5.86. The number of aromatic amines is 1. The van der Waals surface area contributed by atoms with Crippen molar-refractivity contribution in [3.63, 3.8) is 0 Å². The van der Waals surface area contributed by atoms with Gasteiger partial charge in [-0.3, -0.25) is 4.98 Å². The molecular formula is C18H19N3. The van der Waals surface area contributed by atoms with Crippen molar-refractivity contribution in [3.05, 3.63) is 64.6 Å². The first kappa shape index (κ1) is 12.6. The van der Waals surface area contributed by atoms with E-state index in [1.54, 1.807) is 0 Å². The minimum absolute atomic E-state index is 0.169. The van der Waals surface area contributed by atoms with Crippen molar-refractivity contribution in [2.45, 2.75) is 26.3 Å².